The second-order valence-corrected chi connectivity index (χ2v) is 9.52. The molecule has 3 aromatic heterocycles. The highest BCUT2D eigenvalue weighted by molar-refractivity contribution is 7.19. The monoisotopic (exact) mass is 502 g/mol. The van der Waals surface area contributed by atoms with Crippen molar-refractivity contribution in [1.82, 2.24) is 14.5 Å². The number of nitrogens with zero attached hydrogens (tertiary/aromatic N) is 3. The summed E-state index contributed by atoms with van der Waals surface area (Å²) in [6.07, 6.45) is 1.60. The van der Waals surface area contributed by atoms with Gasteiger partial charge in [0.25, 0.3) is 5.56 Å². The molecule has 1 N–H and O–H groups in total. The molecule has 0 aliphatic rings. The normalized spacial score (nSPS) is 11.1. The lowest BCUT2D eigenvalue weighted by Gasteiger charge is -2.15. The number of hydrogen-bond acceptors (Lipinski definition) is 6. The molecule has 0 saturated carbocycles. The molecule has 0 aliphatic heterocycles. The molecule has 0 saturated heterocycles. The third-order valence-corrected chi connectivity index (χ3v) is 7.05. The molecule has 6 rings (SSSR count). The van der Waals surface area contributed by atoms with Gasteiger partial charge in [0.1, 0.15) is 10.6 Å². The Hall–Kier alpha value is -4.75. The van der Waals surface area contributed by atoms with E-state index in [1.54, 1.807) is 10.8 Å². The quantitative estimate of drug-likeness (QED) is 0.262. The Labute approximate surface area is 217 Å². The number of aryl methyl sites for hydroxylation is 1. The van der Waals surface area contributed by atoms with Crippen LogP contribution in [0.2, 0.25) is 0 Å². The van der Waals surface area contributed by atoms with Crippen LogP contribution >= 0.6 is 11.3 Å². The van der Waals surface area contributed by atoms with Gasteiger partial charge in [-0.25, -0.2) is 9.97 Å². The highest BCUT2D eigenvalue weighted by Crippen LogP contribution is 2.40. The van der Waals surface area contributed by atoms with Gasteiger partial charge < -0.3 is 9.73 Å². The summed E-state index contributed by atoms with van der Waals surface area (Å²) in [5, 5.41) is 4.45. The number of furan rings is 1. The Morgan fingerprint density at radius 3 is 2.46 bits per heavy atom. The van der Waals surface area contributed by atoms with Crippen molar-refractivity contribution in [3.05, 3.63) is 126 Å². The molecule has 7 heteroatoms. The first-order valence-corrected chi connectivity index (χ1v) is 12.6. The minimum atomic E-state index is -0.128. The molecule has 0 atom stereocenters. The molecule has 180 valence electrons. The number of hydrogen-bond donors (Lipinski definition) is 1. The largest absolute Gasteiger partial charge is 0.463 e. The number of para-hydroxylation sites is 2. The average Bonchev–Trinajstić information content (AvgIpc) is 3.61. The van der Waals surface area contributed by atoms with E-state index in [0.717, 1.165) is 27.4 Å². The molecule has 3 heterocycles. The van der Waals surface area contributed by atoms with Gasteiger partial charge >= 0.3 is 0 Å². The molecule has 3 aromatic carbocycles. The number of aromatic nitrogens is 3. The molecule has 0 aliphatic carbocycles. The fourth-order valence-electron chi connectivity index (χ4n) is 4.28. The van der Waals surface area contributed by atoms with E-state index in [4.69, 9.17) is 14.4 Å². The van der Waals surface area contributed by atoms with Crippen molar-refractivity contribution in [2.24, 2.45) is 0 Å². The van der Waals surface area contributed by atoms with Gasteiger partial charge in [0.05, 0.1) is 34.2 Å². The molecule has 0 fully saturated rings. The highest BCUT2D eigenvalue weighted by atomic mass is 32.1. The third kappa shape index (κ3) is 4.15. The minimum Gasteiger partial charge on any atom is -0.463 e. The highest BCUT2D eigenvalue weighted by Gasteiger charge is 2.23. The standard InChI is InChI=1S/C30H22N4O2S/c1-19-11-6-9-16-24(19)34-28(32-23-15-8-7-14-22(23)29(34)35)27-26(21-12-4-3-5-13-21)33-30(37-27)31-20(2)25-17-10-18-36-25/h3-18H,2H2,1H3,(H,31,33). The van der Waals surface area contributed by atoms with Gasteiger partial charge in [0.2, 0.25) is 0 Å². The Morgan fingerprint density at radius 1 is 0.919 bits per heavy atom. The third-order valence-electron chi connectivity index (χ3n) is 6.09. The zero-order chi connectivity index (χ0) is 25.4. The molecule has 37 heavy (non-hydrogen) atoms. The van der Waals surface area contributed by atoms with Crippen molar-refractivity contribution in [1.29, 1.82) is 0 Å². The Morgan fingerprint density at radius 2 is 1.68 bits per heavy atom. The molecular weight excluding hydrogens is 480 g/mol. The van der Waals surface area contributed by atoms with E-state index in [1.165, 1.54) is 11.3 Å². The summed E-state index contributed by atoms with van der Waals surface area (Å²) in [5.74, 6) is 1.16. The summed E-state index contributed by atoms with van der Waals surface area (Å²) in [7, 11) is 0. The fourth-order valence-corrected chi connectivity index (χ4v) is 5.27. The summed E-state index contributed by atoms with van der Waals surface area (Å²) in [6, 6.07) is 28.8. The summed E-state index contributed by atoms with van der Waals surface area (Å²) >= 11 is 1.42. The number of fused-ring (bicyclic) bond motifs is 1. The van der Waals surface area contributed by atoms with E-state index >= 15 is 0 Å². The molecule has 0 bridgehead atoms. The summed E-state index contributed by atoms with van der Waals surface area (Å²) in [6.45, 7) is 6.09. The number of anilines is 1. The lowest BCUT2D eigenvalue weighted by molar-refractivity contribution is 0.553. The van der Waals surface area contributed by atoms with Crippen LogP contribution in [0.1, 0.15) is 11.3 Å². The number of nitrogens with one attached hydrogen (secondary N) is 1. The molecule has 0 unspecified atom stereocenters. The number of benzene rings is 3. The average molecular weight is 503 g/mol. The first-order valence-electron chi connectivity index (χ1n) is 11.7. The van der Waals surface area contributed by atoms with Crippen LogP contribution in [0.4, 0.5) is 5.13 Å². The lowest BCUT2D eigenvalue weighted by atomic mass is 10.1. The van der Waals surface area contributed by atoms with Crippen LogP contribution in [-0.2, 0) is 0 Å². The summed E-state index contributed by atoms with van der Waals surface area (Å²) in [5.41, 5.74) is 4.49. The molecule has 0 radical (unpaired) electrons. The minimum absolute atomic E-state index is 0.128. The van der Waals surface area contributed by atoms with Crippen LogP contribution in [0.5, 0.6) is 0 Å². The van der Waals surface area contributed by atoms with E-state index < -0.39 is 0 Å². The maximum Gasteiger partial charge on any atom is 0.266 e. The van der Waals surface area contributed by atoms with E-state index in [0.29, 0.717) is 33.3 Å². The first-order chi connectivity index (χ1) is 18.1. The van der Waals surface area contributed by atoms with Gasteiger partial charge in [-0.15, -0.1) is 0 Å². The molecule has 6 nitrogen and oxygen atoms in total. The Balaban J connectivity index is 1.62. The van der Waals surface area contributed by atoms with Crippen molar-refractivity contribution >= 4 is 33.1 Å². The second-order valence-electron chi connectivity index (χ2n) is 8.52. The Kier molecular flexibility index (Phi) is 5.75. The van der Waals surface area contributed by atoms with E-state index in [-0.39, 0.29) is 5.56 Å². The molecular formula is C30H22N4O2S. The zero-order valence-electron chi connectivity index (χ0n) is 20.0. The van der Waals surface area contributed by atoms with Gasteiger partial charge in [0, 0.05) is 5.56 Å². The lowest BCUT2D eigenvalue weighted by Crippen LogP contribution is -2.22. The summed E-state index contributed by atoms with van der Waals surface area (Å²) in [4.78, 5) is 24.6. The van der Waals surface area contributed by atoms with Crippen LogP contribution in [0.3, 0.4) is 0 Å². The van der Waals surface area contributed by atoms with Crippen molar-refractivity contribution < 1.29 is 4.42 Å². The van der Waals surface area contributed by atoms with Crippen LogP contribution in [0.25, 0.3) is 44.2 Å². The molecule has 0 amide bonds. The van der Waals surface area contributed by atoms with E-state index in [1.807, 2.05) is 97.9 Å². The second kappa shape index (κ2) is 9.37. The van der Waals surface area contributed by atoms with Crippen LogP contribution in [-0.4, -0.2) is 14.5 Å². The predicted molar refractivity (Wildman–Crippen MR) is 150 cm³/mol. The van der Waals surface area contributed by atoms with Gasteiger partial charge in [-0.1, -0.05) is 78.6 Å². The topological polar surface area (TPSA) is 73.0 Å². The van der Waals surface area contributed by atoms with Crippen molar-refractivity contribution in [3.8, 4) is 27.6 Å². The van der Waals surface area contributed by atoms with Gasteiger partial charge in [-0.05, 0) is 42.8 Å². The van der Waals surface area contributed by atoms with Crippen LogP contribution < -0.4 is 10.9 Å². The van der Waals surface area contributed by atoms with Gasteiger partial charge in [-0.2, -0.15) is 0 Å². The summed E-state index contributed by atoms with van der Waals surface area (Å²) < 4.78 is 7.18. The van der Waals surface area contributed by atoms with Gasteiger partial charge in [0.15, 0.2) is 11.0 Å². The van der Waals surface area contributed by atoms with Crippen molar-refractivity contribution in [2.75, 3.05) is 5.32 Å². The van der Waals surface area contributed by atoms with Crippen molar-refractivity contribution in [2.45, 2.75) is 6.92 Å². The number of thiazole rings is 1. The number of rotatable bonds is 6. The maximum absolute atomic E-state index is 13.9. The SMILES string of the molecule is C=C(Nc1nc(-c2ccccc2)c(-c2nc3ccccc3c(=O)n2-c2ccccc2C)s1)c1ccco1. The maximum atomic E-state index is 13.9. The smallest absolute Gasteiger partial charge is 0.266 e. The fraction of sp³-hybridized carbons (Fsp3) is 0.0333. The zero-order valence-corrected chi connectivity index (χ0v) is 20.8. The predicted octanol–water partition coefficient (Wildman–Crippen LogP) is 7.16. The van der Waals surface area contributed by atoms with Crippen LogP contribution in [0, 0.1) is 6.92 Å². The first kappa shape index (κ1) is 22.7. The molecule has 6 aromatic rings. The van der Waals surface area contributed by atoms with Crippen LogP contribution in [0.15, 0.2) is 113 Å². The van der Waals surface area contributed by atoms with E-state index in [2.05, 4.69) is 11.9 Å². The van der Waals surface area contributed by atoms with E-state index in [9.17, 15) is 4.79 Å². The van der Waals surface area contributed by atoms with Crippen molar-refractivity contribution in [3.63, 3.8) is 0 Å². The molecule has 0 spiro atoms. The van der Waals surface area contributed by atoms with Gasteiger partial charge in [-0.3, -0.25) is 9.36 Å². The Bertz CT molecular complexity index is 1800.